The lowest BCUT2D eigenvalue weighted by molar-refractivity contribution is -0.204. The van der Waals surface area contributed by atoms with E-state index in [1.54, 1.807) is 21.1 Å². The van der Waals surface area contributed by atoms with Crippen molar-refractivity contribution in [2.45, 2.75) is 101 Å². The highest BCUT2D eigenvalue weighted by Gasteiger charge is 2.66. The van der Waals surface area contributed by atoms with Gasteiger partial charge in [0, 0.05) is 29.9 Å². The summed E-state index contributed by atoms with van der Waals surface area (Å²) in [5, 5.41) is 11.2. The number of aromatic nitrogens is 4. The average molecular weight is 1170 g/mol. The summed E-state index contributed by atoms with van der Waals surface area (Å²) in [5.41, 5.74) is -3.30. The molecule has 3 aliphatic rings. The Morgan fingerprint density at radius 3 is 1.77 bits per heavy atom. The van der Waals surface area contributed by atoms with Crippen LogP contribution in [0.5, 0.6) is 11.5 Å². The number of H-pyrrole nitrogens is 2. The monoisotopic (exact) mass is 1170 g/mol. The summed E-state index contributed by atoms with van der Waals surface area (Å²) < 4.78 is 84.1. The van der Waals surface area contributed by atoms with E-state index in [0.717, 1.165) is 10.4 Å². The molecule has 0 aliphatic carbocycles. The van der Waals surface area contributed by atoms with E-state index in [0.29, 0.717) is 28.2 Å². The molecule has 3 fully saturated rings. The third-order valence-electron chi connectivity index (χ3n) is 15.6. The fourth-order valence-electron chi connectivity index (χ4n) is 11.4. The molecular formula is C61H66N5O15PSi. The van der Waals surface area contributed by atoms with E-state index in [2.05, 4.69) is 30.7 Å². The Kier molecular flexibility index (Phi) is 17.1. The second-order valence-electron chi connectivity index (χ2n) is 21.8. The van der Waals surface area contributed by atoms with Crippen molar-refractivity contribution in [2.24, 2.45) is 0 Å². The van der Waals surface area contributed by atoms with Crippen molar-refractivity contribution >= 4 is 26.5 Å². The van der Waals surface area contributed by atoms with Gasteiger partial charge in [0.25, 0.3) is 19.4 Å². The van der Waals surface area contributed by atoms with E-state index in [1.165, 1.54) is 28.5 Å². The summed E-state index contributed by atoms with van der Waals surface area (Å²) in [4.78, 5) is 57.6. The van der Waals surface area contributed by atoms with Gasteiger partial charge in [-0.1, -0.05) is 136 Å². The van der Waals surface area contributed by atoms with Gasteiger partial charge in [0.1, 0.15) is 47.2 Å². The summed E-state index contributed by atoms with van der Waals surface area (Å²) in [7, 11) is -5.20. The Morgan fingerprint density at radius 1 is 0.723 bits per heavy atom. The molecule has 83 heavy (non-hydrogen) atoms. The number of methoxy groups -OCH3 is 2. The van der Waals surface area contributed by atoms with Gasteiger partial charge < -0.3 is 32.8 Å². The van der Waals surface area contributed by atoms with Crippen LogP contribution in [0.1, 0.15) is 73.9 Å². The Bertz CT molecular complexity index is 3650. The third kappa shape index (κ3) is 11.4. The van der Waals surface area contributed by atoms with Crippen molar-refractivity contribution in [3.8, 4) is 17.6 Å². The largest absolute Gasteiger partial charge is 0.497 e. The van der Waals surface area contributed by atoms with Gasteiger partial charge in [0.05, 0.1) is 59.2 Å². The van der Waals surface area contributed by atoms with Crippen molar-refractivity contribution in [2.75, 3.05) is 40.6 Å². The molecule has 5 heterocycles. The highest BCUT2D eigenvalue weighted by Crippen LogP contribution is 2.59. The Hall–Kier alpha value is -7.32. The summed E-state index contributed by atoms with van der Waals surface area (Å²) in [5.74, 6) is 1.19. The van der Waals surface area contributed by atoms with Gasteiger partial charge in [-0.05, 0) is 70.2 Å². The average Bonchev–Trinajstić information content (AvgIpc) is 4.37. The second kappa shape index (κ2) is 24.1. The van der Waals surface area contributed by atoms with E-state index in [-0.39, 0.29) is 37.2 Å². The van der Waals surface area contributed by atoms with Crippen LogP contribution in [0, 0.1) is 25.2 Å². The minimum Gasteiger partial charge on any atom is -0.497 e. The lowest BCUT2D eigenvalue weighted by Gasteiger charge is -2.45. The number of hydrogen-bond acceptors (Lipinski definition) is 16. The van der Waals surface area contributed by atoms with Crippen LogP contribution in [-0.4, -0.2) is 98.1 Å². The van der Waals surface area contributed by atoms with Crippen molar-refractivity contribution < 1.29 is 51.0 Å². The summed E-state index contributed by atoms with van der Waals surface area (Å²) in [6, 6.07) is 46.2. The Labute approximate surface area is 480 Å². The number of fused-ring (bicyclic) bond motifs is 2. The molecule has 8 atom stereocenters. The zero-order valence-electron chi connectivity index (χ0n) is 47.1. The number of rotatable bonds is 22. The molecule has 2 bridgehead atoms. The molecule has 3 aliphatic heterocycles. The van der Waals surface area contributed by atoms with Crippen LogP contribution in [-0.2, 0) is 47.1 Å². The first-order chi connectivity index (χ1) is 39.9. The highest BCUT2D eigenvalue weighted by molar-refractivity contribution is 7.48. The predicted molar refractivity (Wildman–Crippen MR) is 309 cm³/mol. The predicted octanol–water partition coefficient (Wildman–Crippen LogP) is 7.07. The summed E-state index contributed by atoms with van der Waals surface area (Å²) in [6.45, 7) is 7.95. The fourth-order valence-corrected chi connectivity index (χ4v) is 17.6. The summed E-state index contributed by atoms with van der Waals surface area (Å²) in [6.07, 6.45) is -4.27. The number of phosphoric acid groups is 1. The van der Waals surface area contributed by atoms with Gasteiger partial charge in [-0.25, -0.2) is 14.2 Å². The third-order valence-corrected chi connectivity index (χ3v) is 22.1. The number of nitrogens with zero attached hydrogens (tertiary/aromatic N) is 3. The molecule has 22 heteroatoms. The molecule has 0 spiro atoms. The van der Waals surface area contributed by atoms with Crippen molar-refractivity contribution in [1.29, 1.82) is 5.26 Å². The van der Waals surface area contributed by atoms with E-state index in [9.17, 15) is 24.4 Å². The lowest BCUT2D eigenvalue weighted by Crippen LogP contribution is -2.68. The molecule has 7 aromatic rings. The second-order valence-corrected chi connectivity index (χ2v) is 27.7. The SMILES string of the molecule is COc1ccc(C(OC[C@@]23CO[C@@H]([C@H](n4cc(C)c(=O)[nH]c4=O)O2)[C@@H]3OP(=O)(OCCC#N)OC[C@H]2O[C@@H](n3cc(C)c(=O)[nH]c3=O)C[C@@H]2O[Si](c2ccccc2)(c2ccccc2)C(C)(C)C)(c2ccccc2)c2ccc(OC)cc2)cc1. The summed E-state index contributed by atoms with van der Waals surface area (Å²) >= 11 is 0. The number of benzene rings is 5. The van der Waals surface area contributed by atoms with Crippen LogP contribution in [0.15, 0.2) is 171 Å². The first-order valence-electron chi connectivity index (χ1n) is 27.2. The number of ether oxygens (including phenoxy) is 6. The first kappa shape index (κ1) is 58.9. The van der Waals surface area contributed by atoms with Gasteiger partial charge in [0.15, 0.2) is 6.23 Å². The molecule has 5 aromatic carbocycles. The quantitative estimate of drug-likeness (QED) is 0.0298. The van der Waals surface area contributed by atoms with Crippen LogP contribution < -0.4 is 42.3 Å². The van der Waals surface area contributed by atoms with E-state index < -0.39 is 105 Å². The lowest BCUT2D eigenvalue weighted by atomic mass is 9.79. The molecular weight excluding hydrogens is 1100 g/mol. The van der Waals surface area contributed by atoms with Crippen LogP contribution in [0.3, 0.4) is 0 Å². The molecule has 0 amide bonds. The Balaban J connectivity index is 1.06. The van der Waals surface area contributed by atoms with Gasteiger partial charge in [-0.3, -0.25) is 42.3 Å². The van der Waals surface area contributed by atoms with Gasteiger partial charge in [-0.15, -0.1) is 0 Å². The molecule has 0 radical (unpaired) electrons. The number of aromatic amines is 2. The van der Waals surface area contributed by atoms with E-state index in [4.69, 9.17) is 46.4 Å². The van der Waals surface area contributed by atoms with Crippen LogP contribution in [0.2, 0.25) is 5.04 Å². The fraction of sp³-hybridized carbons (Fsp3) is 0.361. The molecule has 2 N–H and O–H groups in total. The minimum absolute atomic E-state index is 0.0811. The molecule has 434 valence electrons. The number of hydrogen-bond donors (Lipinski definition) is 2. The maximum Gasteiger partial charge on any atom is 0.475 e. The van der Waals surface area contributed by atoms with Gasteiger partial charge in [0.2, 0.25) is 0 Å². The highest BCUT2D eigenvalue weighted by atomic mass is 31.2. The maximum absolute atomic E-state index is 15.9. The van der Waals surface area contributed by atoms with Crippen LogP contribution in [0.25, 0.3) is 0 Å². The Morgan fingerprint density at radius 2 is 1.24 bits per heavy atom. The first-order valence-corrected chi connectivity index (χ1v) is 30.6. The smallest absolute Gasteiger partial charge is 0.475 e. The topological polar surface area (TPSA) is 243 Å². The number of nitrogens with one attached hydrogen (secondary N) is 2. The number of nitriles is 1. The zero-order valence-corrected chi connectivity index (χ0v) is 48.9. The minimum atomic E-state index is -4.95. The normalized spacial score (nSPS) is 22.2. The van der Waals surface area contributed by atoms with Gasteiger partial charge >= 0.3 is 19.2 Å². The molecule has 1 unspecified atom stereocenters. The van der Waals surface area contributed by atoms with Crippen molar-refractivity contribution in [3.05, 3.63) is 221 Å². The van der Waals surface area contributed by atoms with Gasteiger partial charge in [-0.2, -0.15) is 5.26 Å². The maximum atomic E-state index is 15.9. The standard InChI is InChI=1S/C61H66N5O15PSi/c1-40-35-65(57(69)63-54(40)67)51-34-49(81-83(59(3,4)5,47-20-13-9-14-21-47)48-22-15-10-16-23-48)50(78-51)37-77-82(71,76-33-17-32-62)80-53-52-56(66-36-41(2)55(68)64-58(66)70)79-60(53,38-74-52)39-75-61(42-18-11-8-12-19-42,43-24-28-45(72-6)29-25-43)44-26-30-46(73-7)31-27-44/h8-16,18-31,35-36,49-53,56H,17,33-34,37-39H2,1-7H3,(H,63,67,69)(H,64,68,70)/t49-,50+,51+,52+,53-,56+,60+,82?/m0/s1. The number of aryl methyl sites for hydroxylation is 2. The number of phosphoric ester groups is 1. The molecule has 0 saturated carbocycles. The molecule has 20 nitrogen and oxygen atoms in total. The molecule has 3 saturated heterocycles. The van der Waals surface area contributed by atoms with Crippen molar-refractivity contribution in [1.82, 2.24) is 19.1 Å². The van der Waals surface area contributed by atoms with Crippen LogP contribution >= 0.6 is 7.82 Å². The zero-order chi connectivity index (χ0) is 58.7. The molecule has 2 aromatic heterocycles. The van der Waals surface area contributed by atoms with E-state index >= 15 is 4.57 Å². The molecule has 10 rings (SSSR count). The van der Waals surface area contributed by atoms with E-state index in [1.807, 2.05) is 146 Å². The van der Waals surface area contributed by atoms with Crippen LogP contribution in [0.4, 0.5) is 0 Å². The van der Waals surface area contributed by atoms with Crippen molar-refractivity contribution in [3.63, 3.8) is 0 Å².